The molecule has 0 radical (unpaired) electrons. The highest BCUT2D eigenvalue weighted by atomic mass is 15.0. The fourth-order valence-corrected chi connectivity index (χ4v) is 4.82. The van der Waals surface area contributed by atoms with Gasteiger partial charge in [-0.1, -0.05) is 30.4 Å². The van der Waals surface area contributed by atoms with Crippen LogP contribution in [0.25, 0.3) is 22.2 Å². The predicted molar refractivity (Wildman–Crippen MR) is 105 cm³/mol. The smallest absolute Gasteiger partial charge is 0.0567 e. The molecule has 126 valence electrons. The average molecular weight is 328 g/mol. The Kier molecular flexibility index (Phi) is 3.51. The summed E-state index contributed by atoms with van der Waals surface area (Å²) in [6, 6.07) is 2.20. The SMILES string of the molecule is CC=CCC1CCC2=C(C=CC3=CCCc4c3n2c2ccncc42)C1. The Hall–Kier alpha value is -2.35. The lowest BCUT2D eigenvalue weighted by Crippen LogP contribution is -2.13. The zero-order chi connectivity index (χ0) is 16.8. The first kappa shape index (κ1) is 14.9. The predicted octanol–water partition coefficient (Wildman–Crippen LogP) is 5.91. The van der Waals surface area contributed by atoms with Crippen molar-refractivity contribution < 1.29 is 0 Å². The molecule has 0 saturated carbocycles. The Balaban J connectivity index is 1.72. The molecule has 0 aromatic carbocycles. The molecule has 0 saturated heterocycles. The number of hydrogen-bond acceptors (Lipinski definition) is 1. The monoisotopic (exact) mass is 328 g/mol. The van der Waals surface area contributed by atoms with Crippen LogP contribution in [0.1, 0.15) is 50.3 Å². The van der Waals surface area contributed by atoms with Crippen molar-refractivity contribution in [2.75, 3.05) is 0 Å². The zero-order valence-corrected chi connectivity index (χ0v) is 14.8. The van der Waals surface area contributed by atoms with Crippen LogP contribution in [0.2, 0.25) is 0 Å². The van der Waals surface area contributed by atoms with Crippen LogP contribution in [0.3, 0.4) is 0 Å². The molecule has 0 N–H and O–H groups in total. The van der Waals surface area contributed by atoms with E-state index >= 15 is 0 Å². The highest BCUT2D eigenvalue weighted by Crippen LogP contribution is 2.44. The molecule has 0 amide bonds. The van der Waals surface area contributed by atoms with E-state index in [4.69, 9.17) is 0 Å². The van der Waals surface area contributed by atoms with E-state index in [0.717, 1.165) is 18.8 Å². The van der Waals surface area contributed by atoms with Crippen LogP contribution in [-0.4, -0.2) is 9.55 Å². The van der Waals surface area contributed by atoms with E-state index in [0.29, 0.717) is 0 Å². The minimum atomic E-state index is 0.779. The Morgan fingerprint density at radius 1 is 1.28 bits per heavy atom. The third kappa shape index (κ3) is 2.27. The molecule has 1 aliphatic heterocycles. The van der Waals surface area contributed by atoms with Crippen molar-refractivity contribution in [1.82, 2.24) is 9.55 Å². The summed E-state index contributed by atoms with van der Waals surface area (Å²) < 4.78 is 2.57. The maximum Gasteiger partial charge on any atom is 0.0567 e. The molecule has 0 bridgehead atoms. The average Bonchev–Trinajstić information content (AvgIpc) is 2.89. The van der Waals surface area contributed by atoms with E-state index in [-0.39, 0.29) is 0 Å². The van der Waals surface area contributed by atoms with Crippen LogP contribution in [0.5, 0.6) is 0 Å². The van der Waals surface area contributed by atoms with Gasteiger partial charge in [-0.15, -0.1) is 0 Å². The third-order valence-electron chi connectivity index (χ3n) is 6.01. The second kappa shape index (κ2) is 5.87. The van der Waals surface area contributed by atoms with Gasteiger partial charge in [-0.3, -0.25) is 4.98 Å². The van der Waals surface area contributed by atoms with Crippen LogP contribution < -0.4 is 0 Å². The van der Waals surface area contributed by atoms with Gasteiger partial charge in [0, 0.05) is 23.5 Å². The van der Waals surface area contributed by atoms with Crippen LogP contribution in [-0.2, 0) is 6.42 Å². The van der Waals surface area contributed by atoms with Crippen molar-refractivity contribution in [2.45, 2.75) is 45.4 Å². The first-order chi connectivity index (χ1) is 12.4. The van der Waals surface area contributed by atoms with E-state index in [1.165, 1.54) is 64.7 Å². The van der Waals surface area contributed by atoms with Crippen molar-refractivity contribution in [1.29, 1.82) is 0 Å². The van der Waals surface area contributed by atoms with Crippen molar-refractivity contribution >= 4 is 22.2 Å². The lowest BCUT2D eigenvalue weighted by atomic mass is 9.84. The highest BCUT2D eigenvalue weighted by Gasteiger charge is 2.29. The molecule has 0 fully saturated rings. The molecular formula is C23H24N2. The number of fused-ring (bicyclic) bond motifs is 4. The quantitative estimate of drug-likeness (QED) is 0.626. The highest BCUT2D eigenvalue weighted by molar-refractivity contribution is 5.96. The summed E-state index contributed by atoms with van der Waals surface area (Å²) in [6.45, 7) is 2.12. The van der Waals surface area contributed by atoms with Gasteiger partial charge in [-0.2, -0.15) is 0 Å². The molecule has 0 spiro atoms. The van der Waals surface area contributed by atoms with E-state index in [1.54, 1.807) is 0 Å². The molecule has 3 heterocycles. The number of hydrogen-bond donors (Lipinski definition) is 0. The van der Waals surface area contributed by atoms with Crippen LogP contribution in [0.4, 0.5) is 0 Å². The molecule has 25 heavy (non-hydrogen) atoms. The van der Waals surface area contributed by atoms with Gasteiger partial charge in [-0.25, -0.2) is 0 Å². The molecule has 2 aromatic rings. The van der Waals surface area contributed by atoms with Gasteiger partial charge in [0.15, 0.2) is 0 Å². The second-order valence-electron chi connectivity index (χ2n) is 7.47. The van der Waals surface area contributed by atoms with Crippen molar-refractivity contribution in [3.8, 4) is 0 Å². The minimum Gasteiger partial charge on any atom is -0.312 e. The Morgan fingerprint density at radius 3 is 3.16 bits per heavy atom. The molecule has 1 atom stereocenters. The Morgan fingerprint density at radius 2 is 2.24 bits per heavy atom. The van der Waals surface area contributed by atoms with E-state index in [9.17, 15) is 0 Å². The fourth-order valence-electron chi connectivity index (χ4n) is 4.82. The van der Waals surface area contributed by atoms with Gasteiger partial charge < -0.3 is 4.57 Å². The van der Waals surface area contributed by atoms with Crippen LogP contribution >= 0.6 is 0 Å². The Bertz CT molecular complexity index is 965. The summed E-state index contributed by atoms with van der Waals surface area (Å²) in [4.78, 5) is 4.41. The largest absolute Gasteiger partial charge is 0.312 e. The molecule has 2 aromatic heterocycles. The molecule has 3 aliphatic rings. The van der Waals surface area contributed by atoms with Gasteiger partial charge in [0.25, 0.3) is 0 Å². The topological polar surface area (TPSA) is 17.8 Å². The maximum absolute atomic E-state index is 4.41. The van der Waals surface area contributed by atoms with Gasteiger partial charge in [0.05, 0.1) is 11.2 Å². The standard InChI is InChI=1S/C23H24N2/c1-2-3-5-16-8-11-21-18(14-16)10-9-17-6-4-7-19-20-15-24-13-12-22(20)25(21)23(17)19/h2-3,6,9-10,12-13,15-16H,4-5,7-8,11,14H2,1H3. The van der Waals surface area contributed by atoms with Gasteiger partial charge in [0.1, 0.15) is 0 Å². The first-order valence-electron chi connectivity index (χ1n) is 9.56. The molecule has 1 unspecified atom stereocenters. The Labute approximate surface area is 149 Å². The van der Waals surface area contributed by atoms with Crippen molar-refractivity contribution in [2.24, 2.45) is 5.92 Å². The summed E-state index contributed by atoms with van der Waals surface area (Å²) in [5.41, 5.74) is 8.73. The summed E-state index contributed by atoms with van der Waals surface area (Å²) in [5, 5.41) is 1.35. The lowest BCUT2D eigenvalue weighted by Gasteiger charge is -2.27. The molecule has 2 aliphatic carbocycles. The normalized spacial score (nSPS) is 22.1. The number of pyridine rings is 1. The maximum atomic E-state index is 4.41. The van der Waals surface area contributed by atoms with Gasteiger partial charge >= 0.3 is 0 Å². The minimum absolute atomic E-state index is 0.779. The number of aryl methyl sites for hydroxylation is 1. The molecular weight excluding hydrogens is 304 g/mol. The second-order valence-corrected chi connectivity index (χ2v) is 7.47. The van der Waals surface area contributed by atoms with Crippen LogP contribution in [0, 0.1) is 5.92 Å². The van der Waals surface area contributed by atoms with Gasteiger partial charge in [-0.05, 0) is 74.1 Å². The van der Waals surface area contributed by atoms with E-state index in [1.807, 2.05) is 6.20 Å². The first-order valence-corrected chi connectivity index (χ1v) is 9.56. The number of allylic oxidation sites excluding steroid dienone is 8. The van der Waals surface area contributed by atoms with Crippen molar-refractivity contribution in [3.63, 3.8) is 0 Å². The summed E-state index contributed by atoms with van der Waals surface area (Å²) in [6.07, 6.45) is 22.8. The summed E-state index contributed by atoms with van der Waals surface area (Å²) >= 11 is 0. The van der Waals surface area contributed by atoms with Crippen molar-refractivity contribution in [3.05, 3.63) is 65.7 Å². The number of nitrogens with zero attached hydrogens (tertiary/aromatic N) is 2. The third-order valence-corrected chi connectivity index (χ3v) is 6.01. The van der Waals surface area contributed by atoms with Gasteiger partial charge in [0.2, 0.25) is 0 Å². The fraction of sp³-hybridized carbons (Fsp3) is 0.348. The summed E-state index contributed by atoms with van der Waals surface area (Å²) in [7, 11) is 0. The van der Waals surface area contributed by atoms with E-state index < -0.39 is 0 Å². The molecule has 2 nitrogen and oxygen atoms in total. The molecule has 5 rings (SSSR count). The number of rotatable bonds is 2. The lowest BCUT2D eigenvalue weighted by molar-refractivity contribution is 0.476. The summed E-state index contributed by atoms with van der Waals surface area (Å²) in [5.74, 6) is 0.779. The van der Waals surface area contributed by atoms with Crippen LogP contribution in [0.15, 0.2) is 54.4 Å². The molecule has 2 heteroatoms. The van der Waals surface area contributed by atoms with E-state index in [2.05, 4.69) is 59.1 Å². The number of aromatic nitrogens is 2. The zero-order valence-electron chi connectivity index (χ0n) is 14.8.